The van der Waals surface area contributed by atoms with E-state index < -0.39 is 0 Å². The first-order valence-corrected chi connectivity index (χ1v) is 7.60. The third-order valence-electron chi connectivity index (χ3n) is 3.95. The average molecular weight is 276 g/mol. The van der Waals surface area contributed by atoms with Crippen molar-refractivity contribution in [3.05, 3.63) is 29.3 Å². The first kappa shape index (κ1) is 14.3. The van der Waals surface area contributed by atoms with Crippen molar-refractivity contribution in [1.29, 1.82) is 0 Å². The van der Waals surface area contributed by atoms with Crippen molar-refractivity contribution in [2.45, 2.75) is 52.0 Å². The molecule has 104 valence electrons. The fourth-order valence-electron chi connectivity index (χ4n) is 2.81. The summed E-state index contributed by atoms with van der Waals surface area (Å²) in [6.45, 7) is 4.26. The second-order valence-electron chi connectivity index (χ2n) is 5.63. The summed E-state index contributed by atoms with van der Waals surface area (Å²) in [5, 5.41) is 4.36. The molecular formula is C16H24N2S. The fourth-order valence-corrected chi connectivity index (χ4v) is 3.07. The van der Waals surface area contributed by atoms with Gasteiger partial charge in [0.25, 0.3) is 0 Å². The molecule has 1 fully saturated rings. The maximum absolute atomic E-state index is 5.55. The van der Waals surface area contributed by atoms with Gasteiger partial charge in [0.2, 0.25) is 0 Å². The minimum atomic E-state index is 0.564. The first-order chi connectivity index (χ1) is 9.08. The number of hydrogen-bond acceptors (Lipinski definition) is 1. The molecule has 3 heteroatoms. The Morgan fingerprint density at radius 1 is 1.21 bits per heavy atom. The zero-order valence-electron chi connectivity index (χ0n) is 12.2. The smallest absolute Gasteiger partial charge is 0.173 e. The van der Waals surface area contributed by atoms with Gasteiger partial charge >= 0.3 is 0 Å². The van der Waals surface area contributed by atoms with Gasteiger partial charge < -0.3 is 10.2 Å². The molecule has 0 amide bonds. The molecule has 0 spiro atoms. The summed E-state index contributed by atoms with van der Waals surface area (Å²) < 4.78 is 0. The predicted molar refractivity (Wildman–Crippen MR) is 86.9 cm³/mol. The number of nitrogens with zero attached hydrogens (tertiary/aromatic N) is 1. The second kappa shape index (κ2) is 6.38. The number of thiocarbonyl (C=S) groups is 1. The van der Waals surface area contributed by atoms with E-state index in [1.807, 2.05) is 0 Å². The van der Waals surface area contributed by atoms with Crippen LogP contribution in [0.1, 0.15) is 43.2 Å². The highest BCUT2D eigenvalue weighted by Gasteiger charge is 2.16. The summed E-state index contributed by atoms with van der Waals surface area (Å²) in [4.78, 5) is 2.10. The van der Waals surface area contributed by atoms with Gasteiger partial charge in [-0.25, -0.2) is 0 Å². The third-order valence-corrected chi connectivity index (χ3v) is 4.34. The van der Waals surface area contributed by atoms with Crippen LogP contribution in [0.15, 0.2) is 18.2 Å². The maximum atomic E-state index is 5.55. The van der Waals surface area contributed by atoms with Crippen LogP contribution in [0.25, 0.3) is 0 Å². The molecule has 1 N–H and O–H groups in total. The van der Waals surface area contributed by atoms with E-state index in [0.29, 0.717) is 6.04 Å². The monoisotopic (exact) mass is 276 g/mol. The molecule has 0 aromatic heterocycles. The van der Waals surface area contributed by atoms with Gasteiger partial charge in [-0.15, -0.1) is 0 Å². The van der Waals surface area contributed by atoms with Crippen LogP contribution in [0.5, 0.6) is 0 Å². The van der Waals surface area contributed by atoms with Crippen molar-refractivity contribution in [2.24, 2.45) is 0 Å². The topological polar surface area (TPSA) is 15.3 Å². The van der Waals surface area contributed by atoms with Crippen molar-refractivity contribution in [2.75, 3.05) is 11.9 Å². The zero-order valence-corrected chi connectivity index (χ0v) is 13.0. The van der Waals surface area contributed by atoms with Crippen molar-refractivity contribution in [3.63, 3.8) is 0 Å². The van der Waals surface area contributed by atoms with Gasteiger partial charge in [-0.2, -0.15) is 0 Å². The van der Waals surface area contributed by atoms with Crippen LogP contribution in [-0.4, -0.2) is 18.2 Å². The fraction of sp³-hybridized carbons (Fsp3) is 0.562. The summed E-state index contributed by atoms with van der Waals surface area (Å²) in [6, 6.07) is 7.06. The number of hydrogen-bond donors (Lipinski definition) is 1. The van der Waals surface area contributed by atoms with Crippen molar-refractivity contribution < 1.29 is 0 Å². The van der Waals surface area contributed by atoms with Gasteiger partial charge in [0.1, 0.15) is 0 Å². The molecule has 0 atom stereocenters. The van der Waals surface area contributed by atoms with Gasteiger partial charge in [0, 0.05) is 18.8 Å². The van der Waals surface area contributed by atoms with Gasteiger partial charge in [-0.1, -0.05) is 37.0 Å². The molecule has 2 rings (SSSR count). The van der Waals surface area contributed by atoms with Crippen LogP contribution in [0.2, 0.25) is 0 Å². The lowest BCUT2D eigenvalue weighted by molar-refractivity contribution is 0.414. The molecule has 1 aliphatic rings. The number of benzene rings is 1. The molecule has 2 nitrogen and oxygen atoms in total. The highest BCUT2D eigenvalue weighted by molar-refractivity contribution is 7.80. The lowest BCUT2D eigenvalue weighted by atomic mass is 9.96. The van der Waals surface area contributed by atoms with E-state index in [-0.39, 0.29) is 0 Å². The van der Waals surface area contributed by atoms with E-state index in [1.54, 1.807) is 0 Å². The maximum Gasteiger partial charge on any atom is 0.173 e. The van der Waals surface area contributed by atoms with Crippen LogP contribution < -0.4 is 10.2 Å². The molecule has 1 saturated carbocycles. The average Bonchev–Trinajstić information content (AvgIpc) is 2.39. The summed E-state index contributed by atoms with van der Waals surface area (Å²) >= 11 is 5.55. The van der Waals surface area contributed by atoms with Gasteiger partial charge in [0.05, 0.1) is 0 Å². The Kier molecular flexibility index (Phi) is 4.81. The van der Waals surface area contributed by atoms with E-state index in [2.05, 4.69) is 49.3 Å². The van der Waals surface area contributed by atoms with Crippen molar-refractivity contribution >= 4 is 23.0 Å². The van der Waals surface area contributed by atoms with Crippen LogP contribution in [0.3, 0.4) is 0 Å². The van der Waals surface area contributed by atoms with Crippen LogP contribution in [-0.2, 0) is 0 Å². The van der Waals surface area contributed by atoms with Gasteiger partial charge in [-0.05, 0) is 50.5 Å². The lowest BCUT2D eigenvalue weighted by Crippen LogP contribution is -2.44. The van der Waals surface area contributed by atoms with E-state index in [4.69, 9.17) is 12.2 Å². The number of rotatable bonds is 2. The van der Waals surface area contributed by atoms with Crippen LogP contribution in [0, 0.1) is 13.8 Å². The van der Waals surface area contributed by atoms with Crippen LogP contribution in [0.4, 0.5) is 5.69 Å². The van der Waals surface area contributed by atoms with E-state index >= 15 is 0 Å². The number of anilines is 1. The van der Waals surface area contributed by atoms with E-state index in [9.17, 15) is 0 Å². The van der Waals surface area contributed by atoms with E-state index in [0.717, 1.165) is 5.11 Å². The predicted octanol–water partition coefficient (Wildman–Crippen LogP) is 3.95. The largest absolute Gasteiger partial charge is 0.360 e. The third kappa shape index (κ3) is 3.69. The molecular weight excluding hydrogens is 252 g/mol. The molecule has 0 aliphatic heterocycles. The summed E-state index contributed by atoms with van der Waals surface area (Å²) in [5.74, 6) is 0. The highest BCUT2D eigenvalue weighted by Crippen LogP contribution is 2.21. The highest BCUT2D eigenvalue weighted by atomic mass is 32.1. The van der Waals surface area contributed by atoms with Gasteiger partial charge in [-0.3, -0.25) is 0 Å². The standard InChI is InChI=1S/C16H24N2S/c1-12-9-10-15(13(2)11-12)18(3)16(19)17-14-7-5-4-6-8-14/h9-11,14H,4-8H2,1-3H3,(H,17,19). The molecule has 0 saturated heterocycles. The molecule has 1 aromatic rings. The quantitative estimate of drug-likeness (QED) is 0.824. The first-order valence-electron chi connectivity index (χ1n) is 7.19. The second-order valence-corrected chi connectivity index (χ2v) is 6.02. The Bertz CT molecular complexity index is 450. The Labute approximate surface area is 122 Å². The minimum Gasteiger partial charge on any atom is -0.360 e. The van der Waals surface area contributed by atoms with Gasteiger partial charge in [0.15, 0.2) is 5.11 Å². The lowest BCUT2D eigenvalue weighted by Gasteiger charge is -2.29. The Balaban J connectivity index is 2.01. The molecule has 1 aromatic carbocycles. The Hall–Kier alpha value is -1.09. The Morgan fingerprint density at radius 3 is 2.53 bits per heavy atom. The molecule has 0 radical (unpaired) electrons. The molecule has 1 aliphatic carbocycles. The Morgan fingerprint density at radius 2 is 1.89 bits per heavy atom. The zero-order chi connectivity index (χ0) is 13.8. The summed E-state index contributed by atoms with van der Waals surface area (Å²) in [6.07, 6.45) is 6.53. The van der Waals surface area contributed by atoms with Crippen molar-refractivity contribution in [1.82, 2.24) is 5.32 Å². The molecule has 19 heavy (non-hydrogen) atoms. The van der Waals surface area contributed by atoms with E-state index in [1.165, 1.54) is 48.9 Å². The number of aryl methyl sites for hydroxylation is 2. The minimum absolute atomic E-state index is 0.564. The molecule has 0 heterocycles. The number of nitrogens with one attached hydrogen (secondary N) is 1. The summed E-state index contributed by atoms with van der Waals surface area (Å²) in [7, 11) is 2.05. The molecule has 0 unspecified atom stereocenters. The summed E-state index contributed by atoms with van der Waals surface area (Å²) in [5.41, 5.74) is 3.76. The van der Waals surface area contributed by atoms with Crippen molar-refractivity contribution in [3.8, 4) is 0 Å². The molecule has 0 bridgehead atoms. The SMILES string of the molecule is Cc1ccc(N(C)C(=S)NC2CCCCC2)c(C)c1. The van der Waals surface area contributed by atoms with Crippen LogP contribution >= 0.6 is 12.2 Å². The normalized spacial score (nSPS) is 16.2.